The van der Waals surface area contributed by atoms with Gasteiger partial charge in [0.1, 0.15) is 4.75 Å². The monoisotopic (exact) mass is 366 g/mol. The smallest absolute Gasteiger partial charge is 0.158 e. The first-order valence-electron chi connectivity index (χ1n) is 9.12. The van der Waals surface area contributed by atoms with Crippen molar-refractivity contribution in [1.29, 1.82) is 0 Å². The fraction of sp³-hybridized carbons (Fsp3) is 0.722. The summed E-state index contributed by atoms with van der Waals surface area (Å²) >= 11 is 0. The van der Waals surface area contributed by atoms with Crippen LogP contribution in [0.25, 0.3) is 0 Å². The average molecular weight is 366 g/mol. The Labute approximate surface area is 149 Å². The van der Waals surface area contributed by atoms with Gasteiger partial charge in [0.2, 0.25) is 0 Å². The molecule has 138 valence electrons. The number of aromatic nitrogens is 1. The molecule has 25 heavy (non-hydrogen) atoms. The molecule has 3 fully saturated rings. The number of nitrogens with zero attached hydrogens (tertiary/aromatic N) is 2. The summed E-state index contributed by atoms with van der Waals surface area (Å²) in [6, 6.07) is 6.22. The molecule has 1 atom stereocenters. The van der Waals surface area contributed by atoms with E-state index in [9.17, 15) is 8.42 Å². The largest absolute Gasteiger partial charge is 0.381 e. The van der Waals surface area contributed by atoms with Crippen LogP contribution in [0.1, 0.15) is 25.0 Å². The molecule has 3 saturated heterocycles. The van der Waals surface area contributed by atoms with Gasteiger partial charge in [-0.3, -0.25) is 9.88 Å². The minimum absolute atomic E-state index is 0.0947. The summed E-state index contributed by atoms with van der Waals surface area (Å²) in [4.78, 5) is 6.60. The molecule has 3 aliphatic rings. The van der Waals surface area contributed by atoms with Crippen molar-refractivity contribution in [1.82, 2.24) is 9.88 Å². The van der Waals surface area contributed by atoms with Crippen LogP contribution in [-0.4, -0.2) is 67.8 Å². The first kappa shape index (κ1) is 17.4. The van der Waals surface area contributed by atoms with Crippen LogP contribution in [-0.2, 0) is 25.9 Å². The molecule has 1 aromatic rings. The van der Waals surface area contributed by atoms with E-state index in [-0.39, 0.29) is 5.92 Å². The summed E-state index contributed by atoms with van der Waals surface area (Å²) in [7, 11) is -3.03. The Bertz CT molecular complexity index is 682. The lowest BCUT2D eigenvalue weighted by Gasteiger charge is -2.53. The molecule has 0 radical (unpaired) electrons. The van der Waals surface area contributed by atoms with Crippen molar-refractivity contribution >= 4 is 9.84 Å². The Morgan fingerprint density at radius 1 is 1.24 bits per heavy atom. The number of pyridine rings is 1. The van der Waals surface area contributed by atoms with E-state index in [1.54, 1.807) is 6.20 Å². The summed E-state index contributed by atoms with van der Waals surface area (Å²) in [5, 5.41) is 0. The fourth-order valence-corrected chi connectivity index (χ4v) is 6.87. The van der Waals surface area contributed by atoms with Crippen molar-refractivity contribution in [3.8, 4) is 0 Å². The molecule has 0 bridgehead atoms. The van der Waals surface area contributed by atoms with E-state index in [4.69, 9.17) is 9.47 Å². The van der Waals surface area contributed by atoms with Gasteiger partial charge in [0.15, 0.2) is 9.84 Å². The normalized spacial score (nSPS) is 28.9. The van der Waals surface area contributed by atoms with Crippen LogP contribution in [0.3, 0.4) is 0 Å². The quantitative estimate of drug-likeness (QED) is 0.782. The molecule has 0 saturated carbocycles. The summed E-state index contributed by atoms with van der Waals surface area (Å²) < 4.78 is 36.1. The van der Waals surface area contributed by atoms with E-state index in [2.05, 4.69) is 9.88 Å². The molecule has 0 aliphatic carbocycles. The maximum atomic E-state index is 12.7. The Balaban J connectivity index is 1.37. The van der Waals surface area contributed by atoms with Crippen molar-refractivity contribution in [2.75, 3.05) is 38.7 Å². The van der Waals surface area contributed by atoms with Gasteiger partial charge in [-0.1, -0.05) is 6.07 Å². The first-order chi connectivity index (χ1) is 12.1. The van der Waals surface area contributed by atoms with Crippen LogP contribution in [0.4, 0.5) is 0 Å². The molecular formula is C18H26N2O4S. The van der Waals surface area contributed by atoms with E-state index in [0.717, 1.165) is 31.7 Å². The topological polar surface area (TPSA) is 68.7 Å². The highest BCUT2D eigenvalue weighted by molar-refractivity contribution is 7.93. The van der Waals surface area contributed by atoms with Gasteiger partial charge < -0.3 is 9.47 Å². The minimum Gasteiger partial charge on any atom is -0.381 e. The second kappa shape index (κ2) is 6.95. The highest BCUT2D eigenvalue weighted by Crippen LogP contribution is 2.46. The number of rotatable bonds is 5. The standard InChI is InChI=1S/C18H26N2O4S/c21-25(22)10-6-15(11-24-12-16-3-1-2-7-19-16)18(25)13-20(14-18)17-4-8-23-9-5-17/h1-3,7,15,17H,4-6,8-14H2/t15-/m1/s1. The van der Waals surface area contributed by atoms with Crippen LogP contribution in [0, 0.1) is 5.92 Å². The minimum atomic E-state index is -3.03. The second-order valence-electron chi connectivity index (χ2n) is 7.45. The lowest BCUT2D eigenvalue weighted by molar-refractivity contribution is -0.0320. The highest BCUT2D eigenvalue weighted by Gasteiger charge is 2.62. The van der Waals surface area contributed by atoms with Crippen molar-refractivity contribution in [3.63, 3.8) is 0 Å². The van der Waals surface area contributed by atoms with E-state index in [0.29, 0.717) is 44.5 Å². The lowest BCUT2D eigenvalue weighted by atomic mass is 9.82. The third kappa shape index (κ3) is 3.23. The van der Waals surface area contributed by atoms with Gasteiger partial charge >= 0.3 is 0 Å². The number of hydrogen-bond donors (Lipinski definition) is 0. The predicted molar refractivity (Wildman–Crippen MR) is 93.9 cm³/mol. The Morgan fingerprint density at radius 3 is 2.76 bits per heavy atom. The molecule has 0 unspecified atom stereocenters. The van der Waals surface area contributed by atoms with Gasteiger partial charge in [-0.05, 0) is 31.4 Å². The third-order valence-electron chi connectivity index (χ3n) is 6.04. The second-order valence-corrected chi connectivity index (χ2v) is 9.90. The van der Waals surface area contributed by atoms with E-state index in [1.807, 2.05) is 18.2 Å². The molecule has 4 heterocycles. The maximum absolute atomic E-state index is 12.7. The van der Waals surface area contributed by atoms with Crippen molar-refractivity contribution in [2.45, 2.75) is 36.7 Å². The summed E-state index contributed by atoms with van der Waals surface area (Å²) in [5.74, 6) is 0.393. The van der Waals surface area contributed by atoms with Crippen molar-refractivity contribution in [3.05, 3.63) is 30.1 Å². The fourth-order valence-electron chi connectivity index (χ4n) is 4.45. The molecule has 1 aromatic heterocycles. The van der Waals surface area contributed by atoms with Gasteiger partial charge in [-0.15, -0.1) is 0 Å². The Kier molecular flexibility index (Phi) is 4.83. The zero-order chi connectivity index (χ0) is 17.3. The zero-order valence-corrected chi connectivity index (χ0v) is 15.3. The van der Waals surface area contributed by atoms with Crippen LogP contribution >= 0.6 is 0 Å². The molecule has 0 N–H and O–H groups in total. The zero-order valence-electron chi connectivity index (χ0n) is 14.5. The van der Waals surface area contributed by atoms with Crippen LogP contribution in [0.2, 0.25) is 0 Å². The van der Waals surface area contributed by atoms with Crippen molar-refractivity contribution < 1.29 is 17.9 Å². The predicted octanol–water partition coefficient (Wildman–Crippen LogP) is 1.27. The van der Waals surface area contributed by atoms with Crippen LogP contribution < -0.4 is 0 Å². The molecule has 0 amide bonds. The maximum Gasteiger partial charge on any atom is 0.158 e. The van der Waals surface area contributed by atoms with E-state index in [1.165, 1.54) is 0 Å². The van der Waals surface area contributed by atoms with Gasteiger partial charge in [-0.25, -0.2) is 8.42 Å². The molecule has 7 heteroatoms. The highest BCUT2D eigenvalue weighted by atomic mass is 32.2. The van der Waals surface area contributed by atoms with E-state index < -0.39 is 14.6 Å². The van der Waals surface area contributed by atoms with Gasteiger partial charge in [0.05, 0.1) is 24.7 Å². The molecule has 6 nitrogen and oxygen atoms in total. The number of ether oxygens (including phenoxy) is 2. The molecular weight excluding hydrogens is 340 g/mol. The molecule has 0 aromatic carbocycles. The molecule has 3 aliphatic heterocycles. The van der Waals surface area contributed by atoms with Gasteiger partial charge in [0.25, 0.3) is 0 Å². The van der Waals surface area contributed by atoms with Gasteiger partial charge in [0, 0.05) is 44.5 Å². The summed E-state index contributed by atoms with van der Waals surface area (Å²) in [6.45, 7) is 3.85. The average Bonchev–Trinajstić information content (AvgIpc) is 2.86. The molecule has 1 spiro atoms. The molecule has 4 rings (SSSR count). The van der Waals surface area contributed by atoms with Gasteiger partial charge in [-0.2, -0.15) is 0 Å². The lowest BCUT2D eigenvalue weighted by Crippen LogP contribution is -2.70. The number of hydrogen-bond acceptors (Lipinski definition) is 6. The summed E-state index contributed by atoms with van der Waals surface area (Å²) in [6.07, 6.45) is 4.48. The first-order valence-corrected chi connectivity index (χ1v) is 10.8. The Hall–Kier alpha value is -1.02. The summed E-state index contributed by atoms with van der Waals surface area (Å²) in [5.41, 5.74) is 0.884. The van der Waals surface area contributed by atoms with E-state index >= 15 is 0 Å². The van der Waals surface area contributed by atoms with Crippen LogP contribution in [0.5, 0.6) is 0 Å². The van der Waals surface area contributed by atoms with Crippen molar-refractivity contribution in [2.24, 2.45) is 5.92 Å². The third-order valence-corrected chi connectivity index (χ3v) is 8.65. The SMILES string of the molecule is O=S1(=O)CC[C@H](COCc2ccccn2)C12CN(C1CCOCC1)C2. The Morgan fingerprint density at radius 2 is 2.04 bits per heavy atom. The number of sulfone groups is 1. The number of likely N-dealkylation sites (tertiary alicyclic amines) is 1. The van der Waals surface area contributed by atoms with Crippen LogP contribution in [0.15, 0.2) is 24.4 Å².